The van der Waals surface area contributed by atoms with Crippen LogP contribution < -0.4 is 10.1 Å². The summed E-state index contributed by atoms with van der Waals surface area (Å²) in [5.74, 6) is 0.917. The third-order valence-corrected chi connectivity index (χ3v) is 3.37. The second kappa shape index (κ2) is 5.89. The quantitative estimate of drug-likeness (QED) is 0.895. The fourth-order valence-corrected chi connectivity index (χ4v) is 2.39. The Bertz CT molecular complexity index is 548. The summed E-state index contributed by atoms with van der Waals surface area (Å²) in [6.07, 6.45) is 0.883. The summed E-state index contributed by atoms with van der Waals surface area (Å²) < 4.78 is 7.38. The predicted octanol–water partition coefficient (Wildman–Crippen LogP) is 2.24. The Kier molecular flexibility index (Phi) is 4.22. The molecule has 1 N–H and O–H groups in total. The summed E-state index contributed by atoms with van der Waals surface area (Å²) in [4.78, 5) is 0. The Morgan fingerprint density at radius 2 is 2.11 bits per heavy atom. The smallest absolute Gasteiger partial charge is 0.123 e. The number of hydrogen-bond acceptors (Lipinski definition) is 3. The highest BCUT2D eigenvalue weighted by molar-refractivity contribution is 5.36. The van der Waals surface area contributed by atoms with E-state index in [1.807, 2.05) is 43.9 Å². The van der Waals surface area contributed by atoms with E-state index in [1.54, 1.807) is 7.11 Å². The first-order valence-corrected chi connectivity index (χ1v) is 6.45. The maximum absolute atomic E-state index is 5.44. The number of nitrogens with zero attached hydrogens (tertiary/aromatic N) is 2. The molecule has 102 valence electrons. The van der Waals surface area contributed by atoms with E-state index in [-0.39, 0.29) is 6.04 Å². The van der Waals surface area contributed by atoms with Crippen LogP contribution in [0.25, 0.3) is 0 Å². The molecule has 0 saturated heterocycles. The number of aryl methyl sites for hydroxylation is 2. The number of rotatable bonds is 5. The summed E-state index contributed by atoms with van der Waals surface area (Å²) >= 11 is 0. The Morgan fingerprint density at radius 1 is 1.37 bits per heavy atom. The molecule has 0 bridgehead atoms. The van der Waals surface area contributed by atoms with Crippen molar-refractivity contribution in [1.82, 2.24) is 15.1 Å². The number of hydrogen-bond donors (Lipinski definition) is 1. The Morgan fingerprint density at radius 3 is 2.68 bits per heavy atom. The van der Waals surface area contributed by atoms with E-state index in [1.165, 1.54) is 11.3 Å². The highest BCUT2D eigenvalue weighted by Crippen LogP contribution is 2.27. The van der Waals surface area contributed by atoms with Gasteiger partial charge in [-0.25, -0.2) is 0 Å². The van der Waals surface area contributed by atoms with Gasteiger partial charge in [0.15, 0.2) is 0 Å². The molecule has 0 aliphatic rings. The van der Waals surface area contributed by atoms with Gasteiger partial charge in [-0.1, -0.05) is 18.2 Å². The molecule has 1 heterocycles. The molecule has 19 heavy (non-hydrogen) atoms. The van der Waals surface area contributed by atoms with Crippen LogP contribution in [0.1, 0.15) is 23.0 Å². The van der Waals surface area contributed by atoms with Crippen LogP contribution in [0.4, 0.5) is 0 Å². The molecule has 0 amide bonds. The molecule has 0 aliphatic heterocycles. The molecular weight excluding hydrogens is 238 g/mol. The van der Waals surface area contributed by atoms with Crippen LogP contribution in [-0.4, -0.2) is 23.9 Å². The lowest BCUT2D eigenvalue weighted by atomic mass is 10.0. The highest BCUT2D eigenvalue weighted by Gasteiger charge is 2.16. The largest absolute Gasteiger partial charge is 0.496 e. The monoisotopic (exact) mass is 259 g/mol. The van der Waals surface area contributed by atoms with Gasteiger partial charge in [0.2, 0.25) is 0 Å². The first-order valence-electron chi connectivity index (χ1n) is 6.45. The van der Waals surface area contributed by atoms with Crippen molar-refractivity contribution >= 4 is 0 Å². The van der Waals surface area contributed by atoms with E-state index in [0.29, 0.717) is 0 Å². The lowest BCUT2D eigenvalue weighted by Crippen LogP contribution is -2.20. The van der Waals surface area contributed by atoms with Crippen molar-refractivity contribution in [2.45, 2.75) is 19.4 Å². The van der Waals surface area contributed by atoms with Crippen LogP contribution in [0.3, 0.4) is 0 Å². The summed E-state index contributed by atoms with van der Waals surface area (Å²) in [5.41, 5.74) is 3.43. The summed E-state index contributed by atoms with van der Waals surface area (Å²) in [6, 6.07) is 10.5. The van der Waals surface area contributed by atoms with Crippen molar-refractivity contribution in [2.75, 3.05) is 14.2 Å². The predicted molar refractivity (Wildman–Crippen MR) is 76.4 cm³/mol. The zero-order valence-corrected chi connectivity index (χ0v) is 12.0. The summed E-state index contributed by atoms with van der Waals surface area (Å²) in [5, 5.41) is 7.75. The third kappa shape index (κ3) is 2.96. The fraction of sp³-hybridized carbons (Fsp3) is 0.400. The van der Waals surface area contributed by atoms with Gasteiger partial charge in [0.1, 0.15) is 5.75 Å². The molecule has 0 aliphatic carbocycles. The highest BCUT2D eigenvalue weighted by atomic mass is 16.5. The number of likely N-dealkylation sites (N-methyl/N-ethyl adjacent to an activating group) is 1. The lowest BCUT2D eigenvalue weighted by molar-refractivity contribution is 0.400. The minimum atomic E-state index is 0.214. The van der Waals surface area contributed by atoms with E-state index in [4.69, 9.17) is 4.74 Å². The number of methoxy groups -OCH3 is 1. The van der Waals surface area contributed by atoms with E-state index >= 15 is 0 Å². The SMILES string of the molecule is CNC(Cc1cc(C)nn1C)c1ccccc1OC. The molecule has 1 atom stereocenters. The molecular formula is C15H21N3O. The third-order valence-electron chi connectivity index (χ3n) is 3.37. The van der Waals surface area contributed by atoms with Gasteiger partial charge in [0, 0.05) is 30.8 Å². The van der Waals surface area contributed by atoms with Gasteiger partial charge in [0.25, 0.3) is 0 Å². The van der Waals surface area contributed by atoms with Gasteiger partial charge < -0.3 is 10.1 Å². The maximum Gasteiger partial charge on any atom is 0.123 e. The number of aromatic nitrogens is 2. The van der Waals surface area contributed by atoms with E-state index in [0.717, 1.165) is 17.9 Å². The van der Waals surface area contributed by atoms with E-state index in [2.05, 4.69) is 22.5 Å². The van der Waals surface area contributed by atoms with Crippen LogP contribution in [0.5, 0.6) is 5.75 Å². The molecule has 0 spiro atoms. The molecule has 0 fully saturated rings. The first kappa shape index (κ1) is 13.6. The van der Waals surface area contributed by atoms with Gasteiger partial charge in [0.05, 0.1) is 12.8 Å². The Labute approximate surface area is 114 Å². The van der Waals surface area contributed by atoms with Gasteiger partial charge in [-0.3, -0.25) is 4.68 Å². The van der Waals surface area contributed by atoms with Crippen molar-refractivity contribution in [2.24, 2.45) is 7.05 Å². The van der Waals surface area contributed by atoms with Gasteiger partial charge in [-0.05, 0) is 26.1 Å². The van der Waals surface area contributed by atoms with Crippen molar-refractivity contribution in [3.8, 4) is 5.75 Å². The van der Waals surface area contributed by atoms with Gasteiger partial charge in [-0.2, -0.15) is 5.10 Å². The minimum absolute atomic E-state index is 0.214. The average molecular weight is 259 g/mol. The zero-order valence-electron chi connectivity index (χ0n) is 12.0. The minimum Gasteiger partial charge on any atom is -0.496 e. The average Bonchev–Trinajstić information content (AvgIpc) is 2.74. The van der Waals surface area contributed by atoms with Crippen molar-refractivity contribution in [3.05, 3.63) is 47.3 Å². The molecule has 0 saturated carbocycles. The van der Waals surface area contributed by atoms with Crippen LogP contribution >= 0.6 is 0 Å². The maximum atomic E-state index is 5.44. The standard InChI is InChI=1S/C15H21N3O/c1-11-9-12(18(3)17-11)10-14(16-2)13-7-5-6-8-15(13)19-4/h5-9,14,16H,10H2,1-4H3. The molecule has 2 aromatic rings. The van der Waals surface area contributed by atoms with Crippen molar-refractivity contribution < 1.29 is 4.74 Å². The van der Waals surface area contributed by atoms with E-state index in [9.17, 15) is 0 Å². The molecule has 2 rings (SSSR count). The Balaban J connectivity index is 2.27. The molecule has 0 radical (unpaired) electrons. The molecule has 1 aromatic carbocycles. The van der Waals surface area contributed by atoms with Crippen LogP contribution in [-0.2, 0) is 13.5 Å². The summed E-state index contributed by atoms with van der Waals surface area (Å²) in [6.45, 7) is 2.01. The van der Waals surface area contributed by atoms with Crippen molar-refractivity contribution in [1.29, 1.82) is 0 Å². The fourth-order valence-electron chi connectivity index (χ4n) is 2.39. The van der Waals surface area contributed by atoms with Crippen LogP contribution in [0.2, 0.25) is 0 Å². The molecule has 1 unspecified atom stereocenters. The Hall–Kier alpha value is -1.81. The van der Waals surface area contributed by atoms with Crippen LogP contribution in [0, 0.1) is 6.92 Å². The van der Waals surface area contributed by atoms with Gasteiger partial charge >= 0.3 is 0 Å². The normalized spacial score (nSPS) is 12.4. The van der Waals surface area contributed by atoms with Crippen LogP contribution in [0.15, 0.2) is 30.3 Å². The van der Waals surface area contributed by atoms with E-state index < -0.39 is 0 Å². The number of para-hydroxylation sites is 1. The number of benzene rings is 1. The van der Waals surface area contributed by atoms with Gasteiger partial charge in [-0.15, -0.1) is 0 Å². The molecule has 4 nitrogen and oxygen atoms in total. The second-order valence-corrected chi connectivity index (χ2v) is 4.69. The lowest BCUT2D eigenvalue weighted by Gasteiger charge is -2.19. The van der Waals surface area contributed by atoms with Crippen molar-refractivity contribution in [3.63, 3.8) is 0 Å². The second-order valence-electron chi connectivity index (χ2n) is 4.69. The number of ether oxygens (including phenoxy) is 1. The zero-order chi connectivity index (χ0) is 13.8. The number of nitrogens with one attached hydrogen (secondary N) is 1. The topological polar surface area (TPSA) is 39.1 Å². The summed E-state index contributed by atoms with van der Waals surface area (Å²) in [7, 11) is 5.66. The first-order chi connectivity index (χ1) is 9.15. The molecule has 4 heteroatoms. The molecule has 1 aromatic heterocycles.